The van der Waals surface area contributed by atoms with Gasteiger partial charge in [0.05, 0.1) is 5.69 Å². The third-order valence-corrected chi connectivity index (χ3v) is 4.87. The predicted octanol–water partition coefficient (Wildman–Crippen LogP) is 4.73. The molecule has 0 saturated carbocycles. The summed E-state index contributed by atoms with van der Waals surface area (Å²) in [5.41, 5.74) is 0.463. The molecule has 1 saturated heterocycles. The fourth-order valence-electron chi connectivity index (χ4n) is 3.14. The summed E-state index contributed by atoms with van der Waals surface area (Å²) < 4.78 is 41.5. The molecule has 1 fully saturated rings. The van der Waals surface area contributed by atoms with E-state index in [0.717, 1.165) is 6.07 Å². The molecule has 1 aliphatic rings. The second-order valence-electron chi connectivity index (χ2n) is 6.61. The molecule has 2 amide bonds. The van der Waals surface area contributed by atoms with Crippen LogP contribution in [0, 0.1) is 5.92 Å². The van der Waals surface area contributed by atoms with E-state index in [1.807, 2.05) is 0 Å². The lowest BCUT2D eigenvalue weighted by atomic mass is 9.95. The van der Waals surface area contributed by atoms with E-state index in [1.54, 1.807) is 29.2 Å². The number of nitrogens with zero attached hydrogens (tertiary/aromatic N) is 1. The maximum atomic E-state index is 12.5. The van der Waals surface area contributed by atoms with Gasteiger partial charge in [0.2, 0.25) is 5.91 Å². The van der Waals surface area contributed by atoms with Crippen LogP contribution in [0.1, 0.15) is 23.2 Å². The summed E-state index contributed by atoms with van der Waals surface area (Å²) in [5, 5.41) is 3.04. The van der Waals surface area contributed by atoms with Crippen LogP contribution in [0.4, 0.5) is 18.9 Å². The van der Waals surface area contributed by atoms with Crippen molar-refractivity contribution in [1.29, 1.82) is 0 Å². The number of hydrogen-bond donors (Lipinski definition) is 1. The van der Waals surface area contributed by atoms with E-state index in [4.69, 9.17) is 11.6 Å². The molecule has 2 aromatic rings. The van der Waals surface area contributed by atoms with Gasteiger partial charge in [-0.1, -0.05) is 23.7 Å². The summed E-state index contributed by atoms with van der Waals surface area (Å²) in [6.07, 6.45) is -4.03. The van der Waals surface area contributed by atoms with Gasteiger partial charge in [0.15, 0.2) is 5.75 Å². The molecule has 1 aliphatic heterocycles. The number of para-hydroxylation sites is 2. The Morgan fingerprint density at radius 3 is 2.28 bits per heavy atom. The molecular weight excluding hydrogens is 409 g/mol. The zero-order valence-electron chi connectivity index (χ0n) is 15.2. The van der Waals surface area contributed by atoms with Gasteiger partial charge in [-0.3, -0.25) is 9.59 Å². The van der Waals surface area contributed by atoms with Gasteiger partial charge in [0.25, 0.3) is 5.91 Å². The number of ether oxygens (including phenoxy) is 1. The van der Waals surface area contributed by atoms with Crippen molar-refractivity contribution in [2.75, 3.05) is 18.4 Å². The van der Waals surface area contributed by atoms with Gasteiger partial charge in [-0.05, 0) is 49.2 Å². The molecule has 29 heavy (non-hydrogen) atoms. The summed E-state index contributed by atoms with van der Waals surface area (Å²) in [7, 11) is 0. The van der Waals surface area contributed by atoms with E-state index in [0.29, 0.717) is 36.5 Å². The summed E-state index contributed by atoms with van der Waals surface area (Å²) in [4.78, 5) is 26.7. The molecule has 1 N–H and O–H groups in total. The summed E-state index contributed by atoms with van der Waals surface area (Å²) in [6, 6.07) is 11.9. The van der Waals surface area contributed by atoms with Crippen LogP contribution in [0.15, 0.2) is 48.5 Å². The second-order valence-corrected chi connectivity index (χ2v) is 7.04. The fourth-order valence-corrected chi connectivity index (χ4v) is 3.26. The van der Waals surface area contributed by atoms with Crippen LogP contribution in [0.2, 0.25) is 5.02 Å². The highest BCUT2D eigenvalue weighted by atomic mass is 35.5. The van der Waals surface area contributed by atoms with Crippen molar-refractivity contribution in [3.05, 3.63) is 59.1 Å². The molecular formula is C20H18ClF3N2O3. The van der Waals surface area contributed by atoms with Crippen molar-refractivity contribution >= 4 is 29.1 Å². The maximum absolute atomic E-state index is 12.5. The molecule has 0 aliphatic carbocycles. The number of benzene rings is 2. The number of rotatable bonds is 4. The lowest BCUT2D eigenvalue weighted by Gasteiger charge is -2.31. The molecule has 0 unspecified atom stereocenters. The number of carbonyl (C=O) groups is 2. The summed E-state index contributed by atoms with van der Waals surface area (Å²) >= 11 is 5.83. The lowest BCUT2D eigenvalue weighted by molar-refractivity contribution is -0.274. The Morgan fingerprint density at radius 2 is 1.66 bits per heavy atom. The molecule has 9 heteroatoms. The number of piperidine rings is 1. The molecule has 5 nitrogen and oxygen atoms in total. The van der Waals surface area contributed by atoms with Crippen molar-refractivity contribution in [2.45, 2.75) is 19.2 Å². The quantitative estimate of drug-likeness (QED) is 0.769. The van der Waals surface area contributed by atoms with E-state index < -0.39 is 23.9 Å². The normalized spacial score (nSPS) is 15.1. The van der Waals surface area contributed by atoms with E-state index in [2.05, 4.69) is 10.1 Å². The molecule has 2 aromatic carbocycles. The van der Waals surface area contributed by atoms with Gasteiger partial charge in [-0.2, -0.15) is 0 Å². The summed E-state index contributed by atoms with van der Waals surface area (Å²) in [6.45, 7) is 0.750. The van der Waals surface area contributed by atoms with E-state index in [1.165, 1.54) is 18.2 Å². The van der Waals surface area contributed by atoms with E-state index >= 15 is 0 Å². The van der Waals surface area contributed by atoms with Gasteiger partial charge < -0.3 is 15.0 Å². The lowest BCUT2D eigenvalue weighted by Crippen LogP contribution is -2.41. The highest BCUT2D eigenvalue weighted by molar-refractivity contribution is 6.30. The molecule has 0 atom stereocenters. The van der Waals surface area contributed by atoms with Crippen LogP contribution >= 0.6 is 11.6 Å². The third-order valence-electron chi connectivity index (χ3n) is 4.61. The van der Waals surface area contributed by atoms with Crippen LogP contribution in [0.3, 0.4) is 0 Å². The Hall–Kier alpha value is -2.74. The largest absolute Gasteiger partial charge is 0.573 e. The zero-order chi connectivity index (χ0) is 21.0. The Bertz CT molecular complexity index is 879. The highest BCUT2D eigenvalue weighted by Crippen LogP contribution is 2.31. The number of alkyl halides is 3. The number of amides is 2. The standard InChI is InChI=1S/C20H18ClF3N2O3/c21-15-7-5-14(6-8-15)19(28)26-11-9-13(10-12-26)18(27)25-16-3-1-2-4-17(16)29-20(22,23)24/h1-8,13H,9-12H2,(H,25,27). The Balaban J connectivity index is 1.58. The number of carbonyl (C=O) groups excluding carboxylic acids is 2. The van der Waals surface area contributed by atoms with E-state index in [-0.39, 0.29) is 11.6 Å². The van der Waals surface area contributed by atoms with Gasteiger partial charge in [0.1, 0.15) is 0 Å². The molecule has 0 spiro atoms. The fraction of sp³-hybridized carbons (Fsp3) is 0.300. The van der Waals surface area contributed by atoms with Crippen molar-refractivity contribution in [2.24, 2.45) is 5.92 Å². The van der Waals surface area contributed by atoms with E-state index in [9.17, 15) is 22.8 Å². The van der Waals surface area contributed by atoms with Crippen LogP contribution in [-0.2, 0) is 4.79 Å². The molecule has 3 rings (SSSR count). The van der Waals surface area contributed by atoms with Crippen molar-refractivity contribution in [3.8, 4) is 5.75 Å². The number of nitrogens with one attached hydrogen (secondary N) is 1. The highest BCUT2D eigenvalue weighted by Gasteiger charge is 2.33. The van der Waals surface area contributed by atoms with Gasteiger partial charge in [-0.15, -0.1) is 13.2 Å². The molecule has 0 radical (unpaired) electrons. The van der Waals surface area contributed by atoms with Crippen molar-refractivity contribution in [3.63, 3.8) is 0 Å². The molecule has 0 aromatic heterocycles. The predicted molar refractivity (Wildman–Crippen MR) is 102 cm³/mol. The smallest absolute Gasteiger partial charge is 0.404 e. The molecule has 1 heterocycles. The molecule has 154 valence electrons. The first-order valence-electron chi connectivity index (χ1n) is 8.93. The Labute approximate surface area is 170 Å². The van der Waals surface area contributed by atoms with Gasteiger partial charge >= 0.3 is 6.36 Å². The third kappa shape index (κ3) is 5.63. The Morgan fingerprint density at radius 1 is 1.03 bits per heavy atom. The minimum Gasteiger partial charge on any atom is -0.404 e. The minimum atomic E-state index is -4.85. The zero-order valence-corrected chi connectivity index (χ0v) is 16.0. The van der Waals surface area contributed by atoms with Crippen LogP contribution in [-0.4, -0.2) is 36.2 Å². The topological polar surface area (TPSA) is 58.6 Å². The average molecular weight is 427 g/mol. The number of halogens is 4. The minimum absolute atomic E-state index is 0.0468. The first-order valence-corrected chi connectivity index (χ1v) is 9.31. The number of hydrogen-bond acceptors (Lipinski definition) is 3. The van der Waals surface area contributed by atoms with Crippen molar-refractivity contribution in [1.82, 2.24) is 4.90 Å². The first kappa shape index (κ1) is 21.0. The first-order chi connectivity index (χ1) is 13.7. The monoisotopic (exact) mass is 426 g/mol. The van der Waals surface area contributed by atoms with Crippen LogP contribution < -0.4 is 10.1 Å². The average Bonchev–Trinajstić information content (AvgIpc) is 2.68. The van der Waals surface area contributed by atoms with Crippen LogP contribution in [0.25, 0.3) is 0 Å². The van der Waals surface area contributed by atoms with Gasteiger partial charge in [-0.25, -0.2) is 0 Å². The molecule has 0 bridgehead atoms. The SMILES string of the molecule is O=C(Nc1ccccc1OC(F)(F)F)C1CCN(C(=O)c2ccc(Cl)cc2)CC1. The maximum Gasteiger partial charge on any atom is 0.573 e. The number of anilines is 1. The van der Waals surface area contributed by atoms with Crippen LogP contribution in [0.5, 0.6) is 5.75 Å². The summed E-state index contributed by atoms with van der Waals surface area (Å²) in [5.74, 6) is -1.43. The number of likely N-dealkylation sites (tertiary alicyclic amines) is 1. The van der Waals surface area contributed by atoms with Gasteiger partial charge in [0, 0.05) is 29.6 Å². The second kappa shape index (κ2) is 8.73. The van der Waals surface area contributed by atoms with Crippen molar-refractivity contribution < 1.29 is 27.5 Å². The Kier molecular flexibility index (Phi) is 6.32.